The minimum Gasteiger partial charge on any atom is -0.264 e. The molecular weight excluding hydrogens is 184 g/mol. The van der Waals surface area contributed by atoms with Gasteiger partial charge in [-0.2, -0.15) is 0 Å². The van der Waals surface area contributed by atoms with Crippen molar-refractivity contribution >= 4 is 10.8 Å². The molecule has 0 atom stereocenters. The Morgan fingerprint density at radius 1 is 1.07 bits per heavy atom. The molecule has 2 rings (SSSR count). The second-order valence-corrected chi connectivity index (χ2v) is 4.27. The fourth-order valence-corrected chi connectivity index (χ4v) is 2.21. The highest BCUT2D eigenvalue weighted by atomic mass is 14.7. The Hall–Kier alpha value is -1.44. The molecule has 2 heterocycles. The van der Waals surface area contributed by atoms with Crippen LogP contribution < -0.4 is 0 Å². The molecule has 0 aromatic carbocycles. The van der Waals surface area contributed by atoms with Crippen LogP contribution in [0.4, 0.5) is 0 Å². The molecule has 15 heavy (non-hydrogen) atoms. The van der Waals surface area contributed by atoms with Gasteiger partial charge in [0.25, 0.3) is 0 Å². The van der Waals surface area contributed by atoms with E-state index in [1.807, 2.05) is 19.3 Å². The lowest BCUT2D eigenvalue weighted by Gasteiger charge is -2.14. The van der Waals surface area contributed by atoms with Crippen molar-refractivity contribution in [3.8, 4) is 0 Å². The maximum Gasteiger partial charge on any atom is 0.0469 e. The summed E-state index contributed by atoms with van der Waals surface area (Å²) in [4.78, 5) is 8.75. The van der Waals surface area contributed by atoms with E-state index < -0.39 is 0 Å². The van der Waals surface area contributed by atoms with Crippen molar-refractivity contribution in [2.45, 2.75) is 33.6 Å². The zero-order valence-corrected chi connectivity index (χ0v) is 9.70. The number of hydrogen-bond acceptors (Lipinski definition) is 2. The van der Waals surface area contributed by atoms with Crippen LogP contribution in [0, 0.1) is 13.8 Å². The van der Waals surface area contributed by atoms with Crippen molar-refractivity contribution in [3.05, 3.63) is 35.4 Å². The Morgan fingerprint density at radius 3 is 2.47 bits per heavy atom. The molecule has 0 amide bonds. The van der Waals surface area contributed by atoms with Gasteiger partial charge in [0.2, 0.25) is 0 Å². The predicted molar refractivity (Wildman–Crippen MR) is 63.1 cm³/mol. The monoisotopic (exact) mass is 200 g/mol. The summed E-state index contributed by atoms with van der Waals surface area (Å²) in [6, 6.07) is 2.09. The Balaban J connectivity index is 2.90. The van der Waals surface area contributed by atoms with Crippen LogP contribution in [-0.4, -0.2) is 9.97 Å². The van der Waals surface area contributed by atoms with E-state index >= 15 is 0 Å². The zero-order chi connectivity index (χ0) is 11.0. The number of rotatable bonds is 1. The van der Waals surface area contributed by atoms with Crippen molar-refractivity contribution in [2.75, 3.05) is 0 Å². The van der Waals surface area contributed by atoms with Crippen LogP contribution in [0.2, 0.25) is 0 Å². The van der Waals surface area contributed by atoms with Gasteiger partial charge >= 0.3 is 0 Å². The molecule has 0 spiro atoms. The van der Waals surface area contributed by atoms with E-state index in [2.05, 4.69) is 36.8 Å². The molecule has 0 N–H and O–H groups in total. The number of aryl methyl sites for hydroxylation is 2. The first-order valence-corrected chi connectivity index (χ1v) is 5.32. The topological polar surface area (TPSA) is 25.8 Å². The summed E-state index contributed by atoms with van der Waals surface area (Å²) in [7, 11) is 0. The predicted octanol–water partition coefficient (Wildman–Crippen LogP) is 3.37. The number of hydrogen-bond donors (Lipinski definition) is 0. The van der Waals surface area contributed by atoms with Crippen molar-refractivity contribution < 1.29 is 0 Å². The molecule has 0 fully saturated rings. The maximum absolute atomic E-state index is 4.58. The molecule has 2 aromatic rings. The molecule has 78 valence electrons. The minimum absolute atomic E-state index is 0.503. The standard InChI is InChI=1S/C13H16N2/c1-8(2)13-10(4)15-9(3)12-7-14-6-5-11(12)13/h5-8H,1-4H3. The summed E-state index contributed by atoms with van der Waals surface area (Å²) in [5.41, 5.74) is 3.55. The van der Waals surface area contributed by atoms with Gasteiger partial charge in [-0.25, -0.2) is 0 Å². The first-order valence-electron chi connectivity index (χ1n) is 5.32. The average molecular weight is 200 g/mol. The quantitative estimate of drug-likeness (QED) is 0.705. The third kappa shape index (κ3) is 1.60. The normalized spacial score (nSPS) is 11.3. The largest absolute Gasteiger partial charge is 0.264 e. The second-order valence-electron chi connectivity index (χ2n) is 4.27. The fraction of sp³-hybridized carbons (Fsp3) is 0.385. The number of pyridine rings is 2. The summed E-state index contributed by atoms with van der Waals surface area (Å²) < 4.78 is 0. The molecule has 0 radical (unpaired) electrons. The Labute approximate surface area is 90.4 Å². The van der Waals surface area contributed by atoms with Crippen LogP contribution >= 0.6 is 0 Å². The Kier molecular flexibility index (Phi) is 2.43. The van der Waals surface area contributed by atoms with Crippen LogP contribution in [0.1, 0.15) is 36.7 Å². The Morgan fingerprint density at radius 2 is 1.80 bits per heavy atom. The van der Waals surface area contributed by atoms with E-state index in [0.29, 0.717) is 5.92 Å². The summed E-state index contributed by atoms with van der Waals surface area (Å²) in [5.74, 6) is 0.503. The van der Waals surface area contributed by atoms with Gasteiger partial charge in [0.15, 0.2) is 0 Å². The molecule has 2 aromatic heterocycles. The van der Waals surface area contributed by atoms with Crippen molar-refractivity contribution in [2.24, 2.45) is 0 Å². The van der Waals surface area contributed by atoms with E-state index in [0.717, 1.165) is 11.4 Å². The lowest BCUT2D eigenvalue weighted by molar-refractivity contribution is 0.851. The van der Waals surface area contributed by atoms with Crippen molar-refractivity contribution in [1.29, 1.82) is 0 Å². The van der Waals surface area contributed by atoms with Gasteiger partial charge in [0.1, 0.15) is 0 Å². The summed E-state index contributed by atoms with van der Waals surface area (Å²) >= 11 is 0. The van der Waals surface area contributed by atoms with Crippen LogP contribution in [0.3, 0.4) is 0 Å². The number of nitrogens with zero attached hydrogens (tertiary/aromatic N) is 2. The first-order chi connectivity index (χ1) is 7.11. The molecule has 0 saturated carbocycles. The highest BCUT2D eigenvalue weighted by Crippen LogP contribution is 2.28. The molecular formula is C13H16N2. The van der Waals surface area contributed by atoms with Gasteiger partial charge in [-0.15, -0.1) is 0 Å². The van der Waals surface area contributed by atoms with Gasteiger partial charge in [-0.3, -0.25) is 9.97 Å². The van der Waals surface area contributed by atoms with Crippen LogP contribution in [0.5, 0.6) is 0 Å². The van der Waals surface area contributed by atoms with Crippen molar-refractivity contribution in [1.82, 2.24) is 9.97 Å². The minimum atomic E-state index is 0.503. The van der Waals surface area contributed by atoms with Gasteiger partial charge in [-0.1, -0.05) is 13.8 Å². The molecule has 0 bridgehead atoms. The fourth-order valence-electron chi connectivity index (χ4n) is 2.21. The van der Waals surface area contributed by atoms with Crippen LogP contribution in [0.15, 0.2) is 18.5 Å². The highest BCUT2D eigenvalue weighted by Gasteiger charge is 2.11. The Bertz CT molecular complexity index is 501. The van der Waals surface area contributed by atoms with Gasteiger partial charge in [0, 0.05) is 29.2 Å². The molecule has 0 aliphatic carbocycles. The van der Waals surface area contributed by atoms with E-state index in [4.69, 9.17) is 0 Å². The van der Waals surface area contributed by atoms with E-state index in [1.54, 1.807) is 0 Å². The average Bonchev–Trinajstić information content (AvgIpc) is 2.17. The van der Waals surface area contributed by atoms with Gasteiger partial charge in [-0.05, 0) is 36.8 Å². The molecule has 0 unspecified atom stereocenters. The summed E-state index contributed by atoms with van der Waals surface area (Å²) in [5, 5.41) is 2.47. The molecule has 0 saturated heterocycles. The molecule has 0 aliphatic rings. The van der Waals surface area contributed by atoms with Gasteiger partial charge < -0.3 is 0 Å². The van der Waals surface area contributed by atoms with Crippen molar-refractivity contribution in [3.63, 3.8) is 0 Å². The van der Waals surface area contributed by atoms with Crippen LogP contribution in [0.25, 0.3) is 10.8 Å². The summed E-state index contributed by atoms with van der Waals surface area (Å²) in [6.07, 6.45) is 3.76. The lowest BCUT2D eigenvalue weighted by Crippen LogP contribution is -1.99. The maximum atomic E-state index is 4.58. The van der Waals surface area contributed by atoms with Crippen LogP contribution in [-0.2, 0) is 0 Å². The molecule has 2 heteroatoms. The first kappa shape index (κ1) is 10.1. The summed E-state index contributed by atoms with van der Waals surface area (Å²) in [6.45, 7) is 8.54. The zero-order valence-electron chi connectivity index (χ0n) is 9.70. The third-order valence-corrected chi connectivity index (χ3v) is 2.80. The third-order valence-electron chi connectivity index (χ3n) is 2.80. The number of fused-ring (bicyclic) bond motifs is 1. The lowest BCUT2D eigenvalue weighted by atomic mass is 9.95. The SMILES string of the molecule is Cc1nc(C)c2cnccc2c1C(C)C. The second kappa shape index (κ2) is 3.61. The molecule has 2 nitrogen and oxygen atoms in total. The molecule has 0 aliphatic heterocycles. The smallest absolute Gasteiger partial charge is 0.0469 e. The van der Waals surface area contributed by atoms with E-state index in [9.17, 15) is 0 Å². The number of aromatic nitrogens is 2. The van der Waals surface area contributed by atoms with Gasteiger partial charge in [0.05, 0.1) is 0 Å². The van der Waals surface area contributed by atoms with E-state index in [1.165, 1.54) is 16.3 Å². The van der Waals surface area contributed by atoms with E-state index in [-0.39, 0.29) is 0 Å². The highest BCUT2D eigenvalue weighted by molar-refractivity contribution is 5.87.